The first-order valence-corrected chi connectivity index (χ1v) is 10.3. The maximum atomic E-state index is 12.8. The zero-order valence-electron chi connectivity index (χ0n) is 12.5. The molecule has 1 unspecified atom stereocenters. The minimum Gasteiger partial charge on any atom is -0.354 e. The fourth-order valence-corrected chi connectivity index (χ4v) is 5.80. The average molecular weight is 407 g/mol. The number of thioether (sulfide) groups is 1. The third kappa shape index (κ3) is 4.04. The minimum absolute atomic E-state index is 0.200. The van der Waals surface area contributed by atoms with E-state index in [1.807, 2.05) is 13.8 Å². The molecule has 1 aliphatic heterocycles. The van der Waals surface area contributed by atoms with Crippen LogP contribution in [-0.2, 0) is 14.8 Å². The van der Waals surface area contributed by atoms with E-state index in [0.717, 1.165) is 0 Å². The predicted molar refractivity (Wildman–Crippen MR) is 92.1 cm³/mol. The summed E-state index contributed by atoms with van der Waals surface area (Å²) in [4.78, 5) is 12.5. The van der Waals surface area contributed by atoms with Crippen molar-refractivity contribution in [2.24, 2.45) is 5.92 Å². The molecule has 0 radical (unpaired) electrons. The van der Waals surface area contributed by atoms with Crippen molar-refractivity contribution < 1.29 is 13.2 Å². The molecule has 2 rings (SSSR count). The van der Waals surface area contributed by atoms with Gasteiger partial charge in [-0.15, -0.1) is 11.8 Å². The Kier molecular flexibility index (Phi) is 5.93. The molecule has 0 saturated carbocycles. The summed E-state index contributed by atoms with van der Waals surface area (Å²) in [6, 6.07) is 5.90. The van der Waals surface area contributed by atoms with Gasteiger partial charge in [-0.05, 0) is 24.1 Å². The van der Waals surface area contributed by atoms with E-state index in [1.54, 1.807) is 24.3 Å². The molecule has 5 nitrogen and oxygen atoms in total. The number of nitrogens with one attached hydrogen (secondary N) is 1. The summed E-state index contributed by atoms with van der Waals surface area (Å²) < 4.78 is 27.5. The Morgan fingerprint density at radius 2 is 2.23 bits per heavy atom. The van der Waals surface area contributed by atoms with Gasteiger partial charge in [-0.25, -0.2) is 8.42 Å². The molecule has 1 heterocycles. The maximum absolute atomic E-state index is 12.8. The summed E-state index contributed by atoms with van der Waals surface area (Å²) in [6.45, 7) is 4.55. The molecule has 0 spiro atoms. The second-order valence-corrected chi connectivity index (χ2v) is 9.31. The van der Waals surface area contributed by atoms with Crippen LogP contribution in [0.2, 0.25) is 0 Å². The third-order valence-corrected chi connectivity index (χ3v) is 6.75. The van der Waals surface area contributed by atoms with Crippen LogP contribution in [0.25, 0.3) is 0 Å². The summed E-state index contributed by atoms with van der Waals surface area (Å²) in [7, 11) is -3.67. The van der Waals surface area contributed by atoms with Crippen LogP contribution < -0.4 is 5.32 Å². The van der Waals surface area contributed by atoms with Crippen molar-refractivity contribution in [3.8, 4) is 0 Å². The van der Waals surface area contributed by atoms with E-state index in [4.69, 9.17) is 0 Å². The molecule has 0 bridgehead atoms. The maximum Gasteiger partial charge on any atom is 0.244 e. The van der Waals surface area contributed by atoms with Gasteiger partial charge < -0.3 is 5.32 Å². The normalized spacial score (nSPS) is 19.5. The molecule has 1 aliphatic rings. The highest BCUT2D eigenvalue weighted by Gasteiger charge is 2.39. The van der Waals surface area contributed by atoms with E-state index in [0.29, 0.717) is 28.6 Å². The summed E-state index contributed by atoms with van der Waals surface area (Å²) in [5.74, 6) is 0.886. The van der Waals surface area contributed by atoms with Crippen molar-refractivity contribution in [1.82, 2.24) is 9.62 Å². The first-order chi connectivity index (χ1) is 10.3. The average Bonchev–Trinajstić information content (AvgIpc) is 2.95. The SMILES string of the molecule is CC(C)CNC(=O)C1CSCN1S(=O)(=O)c1cccc(Br)c1. The largest absolute Gasteiger partial charge is 0.354 e. The molecule has 1 fully saturated rings. The first-order valence-electron chi connectivity index (χ1n) is 6.95. The number of hydrogen-bond donors (Lipinski definition) is 1. The number of amides is 1. The Labute approximate surface area is 144 Å². The van der Waals surface area contributed by atoms with Gasteiger partial charge in [-0.2, -0.15) is 4.31 Å². The molecule has 122 valence electrons. The van der Waals surface area contributed by atoms with Gasteiger partial charge in [0.15, 0.2) is 0 Å². The van der Waals surface area contributed by atoms with Gasteiger partial charge in [-0.1, -0.05) is 35.8 Å². The second-order valence-electron chi connectivity index (χ2n) is 5.50. The Morgan fingerprint density at radius 3 is 2.86 bits per heavy atom. The van der Waals surface area contributed by atoms with E-state index >= 15 is 0 Å². The standard InChI is InChI=1S/C14H19BrN2O3S2/c1-10(2)7-16-14(18)13-8-21-9-17(13)22(19,20)12-5-3-4-11(15)6-12/h3-6,10,13H,7-9H2,1-2H3,(H,16,18). The Balaban J connectivity index is 2.21. The number of carbonyl (C=O) groups excluding carboxylic acids is 1. The van der Waals surface area contributed by atoms with E-state index in [2.05, 4.69) is 21.2 Å². The summed E-state index contributed by atoms with van der Waals surface area (Å²) in [6.07, 6.45) is 0. The van der Waals surface area contributed by atoms with Crippen molar-refractivity contribution in [3.63, 3.8) is 0 Å². The van der Waals surface area contributed by atoms with Crippen LogP contribution in [-0.4, -0.2) is 42.8 Å². The zero-order chi connectivity index (χ0) is 16.3. The lowest BCUT2D eigenvalue weighted by molar-refractivity contribution is -0.123. The van der Waals surface area contributed by atoms with Gasteiger partial charge in [0.25, 0.3) is 0 Å². The van der Waals surface area contributed by atoms with E-state index in [-0.39, 0.29) is 10.8 Å². The van der Waals surface area contributed by atoms with Gasteiger partial charge >= 0.3 is 0 Å². The van der Waals surface area contributed by atoms with Crippen LogP contribution in [0, 0.1) is 5.92 Å². The highest BCUT2D eigenvalue weighted by atomic mass is 79.9. The molecular formula is C14H19BrN2O3S2. The Morgan fingerprint density at radius 1 is 1.50 bits per heavy atom. The van der Waals surface area contributed by atoms with Gasteiger partial charge in [0, 0.05) is 16.8 Å². The number of carbonyl (C=O) groups is 1. The minimum atomic E-state index is -3.67. The molecule has 1 saturated heterocycles. The summed E-state index contributed by atoms with van der Waals surface area (Å²) in [5, 5.41) is 2.82. The van der Waals surface area contributed by atoms with Crippen molar-refractivity contribution in [2.45, 2.75) is 24.8 Å². The highest BCUT2D eigenvalue weighted by Crippen LogP contribution is 2.29. The van der Waals surface area contributed by atoms with Crippen LogP contribution >= 0.6 is 27.7 Å². The van der Waals surface area contributed by atoms with Gasteiger partial charge in [0.1, 0.15) is 6.04 Å². The quantitative estimate of drug-likeness (QED) is 0.814. The van der Waals surface area contributed by atoms with Gasteiger partial charge in [-0.3, -0.25) is 4.79 Å². The van der Waals surface area contributed by atoms with Gasteiger partial charge in [0.2, 0.25) is 15.9 Å². The highest BCUT2D eigenvalue weighted by molar-refractivity contribution is 9.10. The number of nitrogens with zero attached hydrogens (tertiary/aromatic N) is 1. The van der Waals surface area contributed by atoms with Crippen LogP contribution in [0.3, 0.4) is 0 Å². The molecule has 8 heteroatoms. The molecular weight excluding hydrogens is 388 g/mol. The van der Waals surface area contributed by atoms with Crippen LogP contribution in [0.1, 0.15) is 13.8 Å². The fourth-order valence-electron chi connectivity index (χ4n) is 2.06. The summed E-state index contributed by atoms with van der Waals surface area (Å²) >= 11 is 4.73. The third-order valence-electron chi connectivity index (χ3n) is 3.23. The number of benzene rings is 1. The van der Waals surface area contributed by atoms with Gasteiger partial charge in [0.05, 0.1) is 10.8 Å². The molecule has 22 heavy (non-hydrogen) atoms. The van der Waals surface area contributed by atoms with Crippen LogP contribution in [0.5, 0.6) is 0 Å². The molecule has 1 aromatic rings. The smallest absolute Gasteiger partial charge is 0.244 e. The number of sulfonamides is 1. The summed E-state index contributed by atoms with van der Waals surface area (Å²) in [5.41, 5.74) is 0. The lowest BCUT2D eigenvalue weighted by Gasteiger charge is -2.23. The fraction of sp³-hybridized carbons (Fsp3) is 0.500. The van der Waals surface area contributed by atoms with Crippen molar-refractivity contribution in [2.75, 3.05) is 18.2 Å². The molecule has 1 atom stereocenters. The lowest BCUT2D eigenvalue weighted by Crippen LogP contribution is -2.47. The second kappa shape index (κ2) is 7.33. The van der Waals surface area contributed by atoms with Crippen molar-refractivity contribution in [3.05, 3.63) is 28.7 Å². The number of halogens is 1. The molecule has 0 aliphatic carbocycles. The molecule has 1 amide bonds. The lowest BCUT2D eigenvalue weighted by atomic mass is 10.2. The van der Waals surface area contributed by atoms with Crippen molar-refractivity contribution >= 4 is 43.6 Å². The predicted octanol–water partition coefficient (Wildman–Crippen LogP) is 2.28. The van der Waals surface area contributed by atoms with Crippen molar-refractivity contribution in [1.29, 1.82) is 0 Å². The Hall–Kier alpha value is -0.570. The number of rotatable bonds is 5. The van der Waals surface area contributed by atoms with Crippen LogP contribution in [0.15, 0.2) is 33.6 Å². The first kappa shape index (κ1) is 17.8. The van der Waals surface area contributed by atoms with Crippen LogP contribution in [0.4, 0.5) is 0 Å². The topological polar surface area (TPSA) is 66.5 Å². The molecule has 1 aromatic carbocycles. The van der Waals surface area contributed by atoms with E-state index < -0.39 is 16.1 Å². The monoisotopic (exact) mass is 406 g/mol. The Bertz CT molecular complexity index is 649. The number of hydrogen-bond acceptors (Lipinski definition) is 4. The molecule has 0 aromatic heterocycles. The van der Waals surface area contributed by atoms with E-state index in [1.165, 1.54) is 16.1 Å². The zero-order valence-corrected chi connectivity index (χ0v) is 15.7. The van der Waals surface area contributed by atoms with E-state index in [9.17, 15) is 13.2 Å². The molecule has 1 N–H and O–H groups in total.